The van der Waals surface area contributed by atoms with Gasteiger partial charge in [-0.25, -0.2) is 4.98 Å². The van der Waals surface area contributed by atoms with Crippen molar-refractivity contribution in [2.75, 3.05) is 0 Å². The van der Waals surface area contributed by atoms with Crippen molar-refractivity contribution >= 4 is 11.6 Å². The first-order chi connectivity index (χ1) is 9.61. The van der Waals surface area contributed by atoms with Crippen molar-refractivity contribution in [2.45, 2.75) is 39.2 Å². The van der Waals surface area contributed by atoms with E-state index in [0.717, 1.165) is 12.0 Å². The van der Waals surface area contributed by atoms with E-state index < -0.39 is 0 Å². The van der Waals surface area contributed by atoms with E-state index in [1.54, 1.807) is 0 Å². The molecule has 0 N–H and O–H groups in total. The lowest BCUT2D eigenvalue weighted by atomic mass is 9.90. The van der Waals surface area contributed by atoms with Gasteiger partial charge in [-0.2, -0.15) is 0 Å². The number of rotatable bonds is 5. The van der Waals surface area contributed by atoms with Crippen LogP contribution < -0.4 is 4.74 Å². The Bertz CT molecular complexity index is 554. The van der Waals surface area contributed by atoms with Crippen LogP contribution in [0.4, 0.5) is 0 Å². The van der Waals surface area contributed by atoms with Gasteiger partial charge in [-0.05, 0) is 37.5 Å². The number of nitrogens with zero attached hydrogens (tertiary/aromatic N) is 1. The minimum atomic E-state index is 0.0712. The van der Waals surface area contributed by atoms with Gasteiger partial charge in [0.2, 0.25) is 5.88 Å². The summed E-state index contributed by atoms with van der Waals surface area (Å²) in [6.07, 6.45) is 2.94. The van der Waals surface area contributed by atoms with Gasteiger partial charge >= 0.3 is 0 Å². The van der Waals surface area contributed by atoms with Gasteiger partial charge in [0.25, 0.3) is 0 Å². The summed E-state index contributed by atoms with van der Waals surface area (Å²) in [5.41, 5.74) is 2.41. The lowest BCUT2D eigenvalue weighted by Crippen LogP contribution is -2.08. The maximum Gasteiger partial charge on any atom is 0.232 e. The molecular weight excluding hydrogens is 270 g/mol. The Morgan fingerprint density at radius 3 is 2.40 bits per heavy atom. The predicted octanol–water partition coefficient (Wildman–Crippen LogP) is 5.06. The van der Waals surface area contributed by atoms with E-state index in [9.17, 15) is 0 Å². The van der Waals surface area contributed by atoms with Crippen LogP contribution in [0.25, 0.3) is 0 Å². The zero-order chi connectivity index (χ0) is 14.5. The average Bonchev–Trinajstić information content (AvgIpc) is 2.43. The summed E-state index contributed by atoms with van der Waals surface area (Å²) in [7, 11) is 0. The molecule has 0 unspecified atom stereocenters. The minimum Gasteiger partial charge on any atom is -0.474 e. The molecule has 0 aliphatic carbocycles. The van der Waals surface area contributed by atoms with Gasteiger partial charge in [-0.1, -0.05) is 48.9 Å². The lowest BCUT2D eigenvalue weighted by molar-refractivity contribution is 0.232. The SMILES string of the molecule is CC[C@@H](c1ccccc1)c1cnc(OC(C)C)c(Cl)c1. The molecule has 0 saturated heterocycles. The van der Waals surface area contributed by atoms with Crippen LogP contribution in [0.2, 0.25) is 5.02 Å². The molecule has 1 aromatic carbocycles. The van der Waals surface area contributed by atoms with Gasteiger partial charge in [-0.3, -0.25) is 0 Å². The van der Waals surface area contributed by atoms with E-state index in [1.807, 2.05) is 32.2 Å². The Labute approximate surface area is 125 Å². The topological polar surface area (TPSA) is 22.1 Å². The van der Waals surface area contributed by atoms with Gasteiger partial charge in [0.1, 0.15) is 5.02 Å². The van der Waals surface area contributed by atoms with Crippen LogP contribution in [-0.4, -0.2) is 11.1 Å². The highest BCUT2D eigenvalue weighted by Gasteiger charge is 2.15. The molecule has 20 heavy (non-hydrogen) atoms. The normalized spacial score (nSPS) is 12.4. The van der Waals surface area contributed by atoms with Crippen molar-refractivity contribution in [3.63, 3.8) is 0 Å². The van der Waals surface area contributed by atoms with Crippen LogP contribution in [-0.2, 0) is 0 Å². The second-order valence-electron chi connectivity index (χ2n) is 5.09. The van der Waals surface area contributed by atoms with Crippen LogP contribution in [0.3, 0.4) is 0 Å². The van der Waals surface area contributed by atoms with Crippen molar-refractivity contribution in [3.8, 4) is 5.88 Å². The smallest absolute Gasteiger partial charge is 0.232 e. The third-order valence-electron chi connectivity index (χ3n) is 3.19. The van der Waals surface area contributed by atoms with Crippen molar-refractivity contribution in [1.29, 1.82) is 0 Å². The Morgan fingerprint density at radius 1 is 1.15 bits per heavy atom. The molecule has 1 atom stereocenters. The van der Waals surface area contributed by atoms with Crippen molar-refractivity contribution in [1.82, 2.24) is 4.98 Å². The number of aromatic nitrogens is 1. The second-order valence-corrected chi connectivity index (χ2v) is 5.50. The van der Waals surface area contributed by atoms with E-state index in [-0.39, 0.29) is 6.10 Å². The molecule has 0 bridgehead atoms. The van der Waals surface area contributed by atoms with E-state index in [0.29, 0.717) is 16.8 Å². The highest BCUT2D eigenvalue weighted by atomic mass is 35.5. The fraction of sp³-hybridized carbons (Fsp3) is 0.353. The molecule has 2 rings (SSSR count). The van der Waals surface area contributed by atoms with Crippen LogP contribution >= 0.6 is 11.6 Å². The number of pyridine rings is 1. The first-order valence-corrected chi connectivity index (χ1v) is 7.36. The summed E-state index contributed by atoms with van der Waals surface area (Å²) in [6, 6.07) is 12.4. The molecule has 0 spiro atoms. The maximum atomic E-state index is 6.27. The summed E-state index contributed by atoms with van der Waals surface area (Å²) in [5.74, 6) is 0.822. The summed E-state index contributed by atoms with van der Waals surface area (Å²) in [5, 5.41) is 0.575. The van der Waals surface area contributed by atoms with E-state index >= 15 is 0 Å². The van der Waals surface area contributed by atoms with Gasteiger partial charge in [-0.15, -0.1) is 0 Å². The van der Waals surface area contributed by atoms with Crippen LogP contribution in [0.15, 0.2) is 42.6 Å². The number of hydrogen-bond acceptors (Lipinski definition) is 2. The first-order valence-electron chi connectivity index (χ1n) is 6.98. The van der Waals surface area contributed by atoms with Gasteiger partial charge in [0.15, 0.2) is 0 Å². The van der Waals surface area contributed by atoms with Crippen LogP contribution in [0, 0.1) is 0 Å². The average molecular weight is 290 g/mol. The Balaban J connectivity index is 2.30. The number of ether oxygens (including phenoxy) is 1. The molecular formula is C17H20ClNO. The van der Waals surface area contributed by atoms with E-state index in [2.05, 4.69) is 36.2 Å². The molecule has 0 aliphatic rings. The molecule has 3 heteroatoms. The Hall–Kier alpha value is -1.54. The molecule has 106 valence electrons. The van der Waals surface area contributed by atoms with Crippen molar-refractivity contribution in [2.24, 2.45) is 0 Å². The summed E-state index contributed by atoms with van der Waals surface area (Å²) in [4.78, 5) is 4.36. The zero-order valence-corrected chi connectivity index (χ0v) is 12.9. The van der Waals surface area contributed by atoms with E-state index in [4.69, 9.17) is 16.3 Å². The molecule has 0 aliphatic heterocycles. The third kappa shape index (κ3) is 3.51. The highest BCUT2D eigenvalue weighted by molar-refractivity contribution is 6.31. The monoisotopic (exact) mass is 289 g/mol. The quantitative estimate of drug-likeness (QED) is 0.767. The van der Waals surface area contributed by atoms with Gasteiger partial charge in [0.05, 0.1) is 6.10 Å². The van der Waals surface area contributed by atoms with Crippen LogP contribution in [0.1, 0.15) is 44.2 Å². The fourth-order valence-corrected chi connectivity index (χ4v) is 2.51. The molecule has 2 aromatic rings. The first kappa shape index (κ1) is 14.9. The minimum absolute atomic E-state index is 0.0712. The summed E-state index contributed by atoms with van der Waals surface area (Å²) >= 11 is 6.27. The predicted molar refractivity (Wildman–Crippen MR) is 83.6 cm³/mol. The molecule has 0 amide bonds. The molecule has 1 aromatic heterocycles. The molecule has 1 heterocycles. The Kier molecular flexibility index (Phi) is 5.02. The number of benzene rings is 1. The maximum absolute atomic E-state index is 6.27. The standard InChI is InChI=1S/C17H20ClNO/c1-4-15(13-8-6-5-7-9-13)14-10-16(18)17(19-11-14)20-12(2)3/h5-12,15H,4H2,1-3H3/t15-/m0/s1. The van der Waals surface area contributed by atoms with Gasteiger partial charge < -0.3 is 4.74 Å². The molecule has 2 nitrogen and oxygen atoms in total. The molecule has 0 fully saturated rings. The third-order valence-corrected chi connectivity index (χ3v) is 3.46. The van der Waals surface area contributed by atoms with Crippen molar-refractivity contribution in [3.05, 3.63) is 58.7 Å². The highest BCUT2D eigenvalue weighted by Crippen LogP contribution is 2.32. The zero-order valence-electron chi connectivity index (χ0n) is 12.1. The number of hydrogen-bond donors (Lipinski definition) is 0. The number of halogens is 1. The molecule has 0 radical (unpaired) electrons. The van der Waals surface area contributed by atoms with Gasteiger partial charge in [0, 0.05) is 12.1 Å². The second kappa shape index (κ2) is 6.76. The lowest BCUT2D eigenvalue weighted by Gasteiger charge is -2.17. The van der Waals surface area contributed by atoms with Crippen molar-refractivity contribution < 1.29 is 4.74 Å². The summed E-state index contributed by atoms with van der Waals surface area (Å²) in [6.45, 7) is 6.10. The Morgan fingerprint density at radius 2 is 1.85 bits per heavy atom. The fourth-order valence-electron chi connectivity index (χ4n) is 2.29. The summed E-state index contributed by atoms with van der Waals surface area (Å²) < 4.78 is 5.58. The van der Waals surface area contributed by atoms with E-state index in [1.165, 1.54) is 5.56 Å². The van der Waals surface area contributed by atoms with Crippen LogP contribution in [0.5, 0.6) is 5.88 Å². The largest absolute Gasteiger partial charge is 0.474 e. The molecule has 0 saturated carbocycles.